The van der Waals surface area contributed by atoms with Gasteiger partial charge in [-0.3, -0.25) is 0 Å². The second kappa shape index (κ2) is 5.88. The minimum Gasteiger partial charge on any atom is -0.314 e. The van der Waals surface area contributed by atoms with Gasteiger partial charge in [0.25, 0.3) is 0 Å². The van der Waals surface area contributed by atoms with Crippen molar-refractivity contribution in [2.24, 2.45) is 11.8 Å². The number of nitrogens with one attached hydrogen (secondary N) is 1. The number of nitrogens with zero attached hydrogens (tertiary/aromatic N) is 1. The van der Waals surface area contributed by atoms with Crippen LogP contribution in [0.25, 0.3) is 0 Å². The number of sulfonamides is 1. The minimum absolute atomic E-state index is 0.303. The third kappa shape index (κ3) is 4.52. The van der Waals surface area contributed by atoms with Gasteiger partial charge in [-0.25, -0.2) is 12.7 Å². The highest BCUT2D eigenvalue weighted by Crippen LogP contribution is 2.38. The first kappa shape index (κ1) is 14.3. The van der Waals surface area contributed by atoms with E-state index < -0.39 is 10.0 Å². The van der Waals surface area contributed by atoms with Gasteiger partial charge in [-0.1, -0.05) is 6.92 Å². The molecule has 0 aromatic rings. The van der Waals surface area contributed by atoms with Crippen LogP contribution >= 0.6 is 0 Å². The Labute approximate surface area is 111 Å². The van der Waals surface area contributed by atoms with Crippen molar-refractivity contribution in [2.75, 3.05) is 25.9 Å². The standard InChI is InChI=1S/C13H26N2O2S/c1-11-9-12(11)10-15(2)18(16,17)8-4-3-7-14-13-5-6-13/h11-14H,3-10H2,1-2H3. The van der Waals surface area contributed by atoms with Crippen LogP contribution in [0, 0.1) is 11.8 Å². The van der Waals surface area contributed by atoms with E-state index >= 15 is 0 Å². The molecule has 1 N–H and O–H groups in total. The van der Waals surface area contributed by atoms with Crippen molar-refractivity contribution in [3.8, 4) is 0 Å². The van der Waals surface area contributed by atoms with Crippen LogP contribution in [0.4, 0.5) is 0 Å². The smallest absolute Gasteiger partial charge is 0.213 e. The molecule has 0 saturated heterocycles. The van der Waals surface area contributed by atoms with E-state index in [1.165, 1.54) is 19.3 Å². The van der Waals surface area contributed by atoms with Gasteiger partial charge in [-0.05, 0) is 50.5 Å². The molecule has 2 aliphatic rings. The van der Waals surface area contributed by atoms with Crippen LogP contribution in [-0.2, 0) is 10.0 Å². The summed E-state index contributed by atoms with van der Waals surface area (Å²) in [5.41, 5.74) is 0. The summed E-state index contributed by atoms with van der Waals surface area (Å²) in [4.78, 5) is 0. The number of hydrogen-bond acceptors (Lipinski definition) is 3. The van der Waals surface area contributed by atoms with E-state index in [4.69, 9.17) is 0 Å². The van der Waals surface area contributed by atoms with Gasteiger partial charge < -0.3 is 5.32 Å². The molecule has 5 heteroatoms. The summed E-state index contributed by atoms with van der Waals surface area (Å²) in [6.07, 6.45) is 5.50. The highest BCUT2D eigenvalue weighted by atomic mass is 32.2. The van der Waals surface area contributed by atoms with Gasteiger partial charge in [-0.2, -0.15) is 0 Å². The molecule has 2 atom stereocenters. The molecule has 2 fully saturated rings. The molecule has 106 valence electrons. The molecule has 4 nitrogen and oxygen atoms in total. The van der Waals surface area contributed by atoms with Crippen LogP contribution < -0.4 is 5.32 Å². The van der Waals surface area contributed by atoms with Gasteiger partial charge in [0, 0.05) is 19.6 Å². The molecule has 18 heavy (non-hydrogen) atoms. The Hall–Kier alpha value is -0.130. The van der Waals surface area contributed by atoms with Crippen LogP contribution in [0.1, 0.15) is 39.0 Å². The second-order valence-corrected chi connectivity index (χ2v) is 8.20. The SMILES string of the molecule is CC1CC1CN(C)S(=O)(=O)CCCCNC1CC1. The second-order valence-electron chi connectivity index (χ2n) is 6.01. The lowest BCUT2D eigenvalue weighted by atomic mass is 10.3. The zero-order chi connectivity index (χ0) is 13.2. The molecule has 2 saturated carbocycles. The van der Waals surface area contributed by atoms with E-state index in [-0.39, 0.29) is 0 Å². The molecular weight excluding hydrogens is 248 g/mol. The van der Waals surface area contributed by atoms with Crippen molar-refractivity contribution in [3.05, 3.63) is 0 Å². The van der Waals surface area contributed by atoms with Crippen LogP contribution in [0.2, 0.25) is 0 Å². The molecule has 2 rings (SSSR count). The summed E-state index contributed by atoms with van der Waals surface area (Å²) < 4.78 is 25.6. The first-order valence-corrected chi connectivity index (χ1v) is 8.77. The molecule has 0 amide bonds. The van der Waals surface area contributed by atoms with Gasteiger partial charge >= 0.3 is 0 Å². The summed E-state index contributed by atoms with van der Waals surface area (Å²) >= 11 is 0. The van der Waals surface area contributed by atoms with Crippen LogP contribution in [0.15, 0.2) is 0 Å². The van der Waals surface area contributed by atoms with E-state index in [9.17, 15) is 8.42 Å². The molecule has 0 spiro atoms. The predicted molar refractivity (Wildman–Crippen MR) is 73.9 cm³/mol. The molecule has 2 aliphatic carbocycles. The molecule has 0 bridgehead atoms. The van der Waals surface area contributed by atoms with Crippen molar-refractivity contribution in [2.45, 2.75) is 45.1 Å². The molecule has 0 heterocycles. The summed E-state index contributed by atoms with van der Waals surface area (Å²) in [6.45, 7) is 3.86. The Bertz CT molecular complexity index is 365. The lowest BCUT2D eigenvalue weighted by Gasteiger charge is -2.17. The molecular formula is C13H26N2O2S. The van der Waals surface area contributed by atoms with Crippen molar-refractivity contribution in [3.63, 3.8) is 0 Å². The summed E-state index contributed by atoms with van der Waals surface area (Å²) in [5, 5.41) is 3.41. The maximum atomic E-state index is 12.0. The van der Waals surface area contributed by atoms with E-state index in [1.54, 1.807) is 11.4 Å². The predicted octanol–water partition coefficient (Wildman–Crippen LogP) is 1.44. The average molecular weight is 274 g/mol. The summed E-state index contributed by atoms with van der Waals surface area (Å²) in [5.74, 6) is 1.61. The van der Waals surface area contributed by atoms with E-state index in [0.29, 0.717) is 24.1 Å². The summed E-state index contributed by atoms with van der Waals surface area (Å²) in [6, 6.07) is 0.723. The fraction of sp³-hybridized carbons (Fsp3) is 1.00. The highest BCUT2D eigenvalue weighted by Gasteiger charge is 2.35. The van der Waals surface area contributed by atoms with Crippen molar-refractivity contribution in [1.29, 1.82) is 0 Å². The monoisotopic (exact) mass is 274 g/mol. The number of hydrogen-bond donors (Lipinski definition) is 1. The Morgan fingerprint density at radius 1 is 1.28 bits per heavy atom. The Kier molecular flexibility index (Phi) is 4.67. The Morgan fingerprint density at radius 2 is 1.94 bits per heavy atom. The van der Waals surface area contributed by atoms with Crippen LogP contribution in [0.5, 0.6) is 0 Å². The highest BCUT2D eigenvalue weighted by molar-refractivity contribution is 7.89. The topological polar surface area (TPSA) is 49.4 Å². The third-order valence-electron chi connectivity index (χ3n) is 4.08. The Morgan fingerprint density at radius 3 is 2.50 bits per heavy atom. The zero-order valence-corrected chi connectivity index (χ0v) is 12.4. The van der Waals surface area contributed by atoms with Gasteiger partial charge in [0.15, 0.2) is 0 Å². The maximum Gasteiger partial charge on any atom is 0.213 e. The summed E-state index contributed by atoms with van der Waals surface area (Å²) in [7, 11) is -1.29. The number of unbranched alkanes of at least 4 members (excludes halogenated alkanes) is 1. The van der Waals surface area contributed by atoms with E-state index in [1.807, 2.05) is 0 Å². The molecule has 0 aromatic carbocycles. The van der Waals surface area contributed by atoms with Gasteiger partial charge in [0.1, 0.15) is 0 Å². The van der Waals surface area contributed by atoms with Gasteiger partial charge in [0.2, 0.25) is 10.0 Å². The van der Waals surface area contributed by atoms with Crippen molar-refractivity contribution in [1.82, 2.24) is 9.62 Å². The molecule has 0 aliphatic heterocycles. The number of rotatable bonds is 9. The van der Waals surface area contributed by atoms with Crippen LogP contribution in [0.3, 0.4) is 0 Å². The van der Waals surface area contributed by atoms with Crippen molar-refractivity contribution < 1.29 is 8.42 Å². The third-order valence-corrected chi connectivity index (χ3v) is 5.99. The average Bonchev–Trinajstić information content (AvgIpc) is 3.18. The first-order valence-electron chi connectivity index (χ1n) is 7.16. The van der Waals surface area contributed by atoms with Crippen molar-refractivity contribution >= 4 is 10.0 Å². The lowest BCUT2D eigenvalue weighted by molar-refractivity contribution is 0.443. The van der Waals surface area contributed by atoms with E-state index in [0.717, 1.165) is 25.4 Å². The fourth-order valence-electron chi connectivity index (χ4n) is 2.26. The maximum absolute atomic E-state index is 12.0. The van der Waals surface area contributed by atoms with Gasteiger partial charge in [-0.15, -0.1) is 0 Å². The van der Waals surface area contributed by atoms with Gasteiger partial charge in [0.05, 0.1) is 5.75 Å². The largest absolute Gasteiger partial charge is 0.314 e. The first-order chi connectivity index (χ1) is 8.49. The zero-order valence-electron chi connectivity index (χ0n) is 11.6. The molecule has 0 radical (unpaired) electrons. The minimum atomic E-state index is -3.02. The fourth-order valence-corrected chi connectivity index (χ4v) is 3.56. The quantitative estimate of drug-likeness (QED) is 0.647. The lowest BCUT2D eigenvalue weighted by Crippen LogP contribution is -2.31. The van der Waals surface area contributed by atoms with E-state index in [2.05, 4.69) is 12.2 Å². The molecule has 0 aromatic heterocycles. The Balaban J connectivity index is 1.59. The molecule has 2 unspecified atom stereocenters. The normalized spacial score (nSPS) is 27.7. The van der Waals surface area contributed by atoms with Crippen LogP contribution in [-0.4, -0.2) is 44.7 Å².